The van der Waals surface area contributed by atoms with E-state index in [1.807, 2.05) is 0 Å². The first-order valence-electron chi connectivity index (χ1n) is 6.91. The number of hydrogen-bond donors (Lipinski definition) is 1. The number of benzene rings is 1. The van der Waals surface area contributed by atoms with E-state index in [9.17, 15) is 18.0 Å². The molecule has 4 nitrogen and oxygen atoms in total. The van der Waals surface area contributed by atoms with E-state index in [1.54, 1.807) is 24.3 Å². The molecule has 1 aromatic rings. The minimum atomic E-state index is -4.76. The smallest absolute Gasteiger partial charge is 0.481 e. The van der Waals surface area contributed by atoms with Crippen LogP contribution in [0.2, 0.25) is 0 Å². The molecule has 0 fully saturated rings. The van der Waals surface area contributed by atoms with Crippen molar-refractivity contribution in [3.63, 3.8) is 0 Å². The number of hydrogen-bond acceptors (Lipinski definition) is 3. The molecule has 1 aliphatic carbocycles. The first kappa shape index (κ1) is 15.9. The van der Waals surface area contributed by atoms with Gasteiger partial charge in [0.1, 0.15) is 23.7 Å². The van der Waals surface area contributed by atoms with E-state index in [4.69, 9.17) is 9.52 Å². The highest BCUT2D eigenvalue weighted by atomic mass is 19.4. The summed E-state index contributed by atoms with van der Waals surface area (Å²) in [7, 11) is 0. The Bertz CT molecular complexity index is 834. The summed E-state index contributed by atoms with van der Waals surface area (Å²) in [6.07, 6.45) is -5.10. The maximum atomic E-state index is 12.2. The van der Waals surface area contributed by atoms with Crippen molar-refractivity contribution in [1.82, 2.24) is 0 Å². The van der Waals surface area contributed by atoms with E-state index in [0.717, 1.165) is 5.56 Å². The second-order valence-corrected chi connectivity index (χ2v) is 5.07. The third kappa shape index (κ3) is 3.51. The van der Waals surface area contributed by atoms with Crippen LogP contribution < -0.4 is 4.74 Å². The van der Waals surface area contributed by atoms with E-state index < -0.39 is 12.3 Å². The highest BCUT2D eigenvalue weighted by Gasteiger charge is 2.31. The zero-order chi connectivity index (χ0) is 17.3. The van der Waals surface area contributed by atoms with Crippen molar-refractivity contribution in [3.8, 4) is 28.2 Å². The normalized spacial score (nSPS) is 11.6. The number of carbonyl (C=O) groups is 1. The van der Waals surface area contributed by atoms with Gasteiger partial charge in [0, 0.05) is 11.1 Å². The Morgan fingerprint density at radius 1 is 1.08 bits per heavy atom. The van der Waals surface area contributed by atoms with Crippen LogP contribution in [0.5, 0.6) is 5.75 Å². The predicted octanol–water partition coefficient (Wildman–Crippen LogP) is 4.58. The van der Waals surface area contributed by atoms with Gasteiger partial charge in [0.25, 0.3) is 0 Å². The highest BCUT2D eigenvalue weighted by Crippen LogP contribution is 2.34. The summed E-state index contributed by atoms with van der Waals surface area (Å²) in [5.74, 6) is -0.641. The largest absolute Gasteiger partial charge is 0.573 e. The molecule has 0 bridgehead atoms. The fourth-order valence-electron chi connectivity index (χ4n) is 2.40. The van der Waals surface area contributed by atoms with Crippen LogP contribution in [0.15, 0.2) is 52.9 Å². The fraction of sp³-hybridized carbons (Fsp3) is 0.118. The molecular weight excluding hydrogens is 325 g/mol. The molecular formula is C17H11F3O4. The predicted molar refractivity (Wildman–Crippen MR) is 78.8 cm³/mol. The molecule has 2 aliphatic rings. The highest BCUT2D eigenvalue weighted by molar-refractivity contribution is 5.78. The molecule has 24 heavy (non-hydrogen) atoms. The Labute approximate surface area is 134 Å². The molecule has 1 aliphatic heterocycles. The van der Waals surface area contributed by atoms with Gasteiger partial charge in [0.05, 0.1) is 0 Å². The van der Waals surface area contributed by atoms with Gasteiger partial charge in [-0.05, 0) is 29.8 Å². The van der Waals surface area contributed by atoms with Crippen molar-refractivity contribution < 1.29 is 32.2 Å². The first-order chi connectivity index (χ1) is 11.3. The Hall–Kier alpha value is -2.96. The van der Waals surface area contributed by atoms with Crippen LogP contribution in [0.4, 0.5) is 13.2 Å². The number of rotatable bonds is 4. The van der Waals surface area contributed by atoms with Gasteiger partial charge < -0.3 is 14.3 Å². The third-order valence-corrected chi connectivity index (χ3v) is 3.35. The summed E-state index contributed by atoms with van der Waals surface area (Å²) in [5.41, 5.74) is 1.82. The molecule has 3 rings (SSSR count). The van der Waals surface area contributed by atoms with Crippen LogP contribution in [0.25, 0.3) is 22.5 Å². The standard InChI is InChI=1S/C17H11F3O4/c18-17(19,20)24-12-6-4-10(5-7-12)13-8-11-2-1-3-14(11)23-15(13)9-16(21)22/h1-8H,9H2,(H,21,22). The van der Waals surface area contributed by atoms with E-state index in [0.29, 0.717) is 16.9 Å². The summed E-state index contributed by atoms with van der Waals surface area (Å²) in [4.78, 5) is 11.0. The summed E-state index contributed by atoms with van der Waals surface area (Å²) in [6, 6.07) is 12.2. The lowest BCUT2D eigenvalue weighted by atomic mass is 10.0. The summed E-state index contributed by atoms with van der Waals surface area (Å²) in [5, 5.41) is 9.03. The van der Waals surface area contributed by atoms with Crippen molar-refractivity contribution in [2.45, 2.75) is 12.8 Å². The second-order valence-electron chi connectivity index (χ2n) is 5.07. The third-order valence-electron chi connectivity index (χ3n) is 3.35. The zero-order valence-corrected chi connectivity index (χ0v) is 12.1. The lowest BCUT2D eigenvalue weighted by Crippen LogP contribution is -2.16. The number of halogens is 3. The molecule has 1 aromatic carbocycles. The Morgan fingerprint density at radius 3 is 2.42 bits per heavy atom. The number of aliphatic carboxylic acids is 1. The molecule has 1 heterocycles. The quantitative estimate of drug-likeness (QED) is 0.758. The van der Waals surface area contributed by atoms with Crippen molar-refractivity contribution in [1.29, 1.82) is 0 Å². The van der Waals surface area contributed by atoms with Crippen LogP contribution >= 0.6 is 0 Å². The molecule has 0 saturated heterocycles. The second kappa shape index (κ2) is 5.92. The Kier molecular flexibility index (Phi) is 3.92. The zero-order valence-electron chi connectivity index (χ0n) is 12.1. The maximum absolute atomic E-state index is 12.2. The van der Waals surface area contributed by atoms with Gasteiger partial charge in [-0.2, -0.15) is 0 Å². The van der Waals surface area contributed by atoms with Gasteiger partial charge in [-0.25, -0.2) is 0 Å². The van der Waals surface area contributed by atoms with Gasteiger partial charge >= 0.3 is 12.3 Å². The summed E-state index contributed by atoms with van der Waals surface area (Å²) >= 11 is 0. The molecule has 0 atom stereocenters. The molecule has 1 N–H and O–H groups in total. The lowest BCUT2D eigenvalue weighted by molar-refractivity contribution is -0.274. The van der Waals surface area contributed by atoms with Gasteiger partial charge in [0.15, 0.2) is 0 Å². The fourth-order valence-corrected chi connectivity index (χ4v) is 2.40. The summed E-state index contributed by atoms with van der Waals surface area (Å²) in [6.45, 7) is 0. The van der Waals surface area contributed by atoms with Gasteiger partial charge in [-0.3, -0.25) is 4.79 Å². The molecule has 0 amide bonds. The molecule has 0 saturated carbocycles. The number of carboxylic acids is 1. The molecule has 0 spiro atoms. The number of carboxylic acid groups (broad SMARTS) is 1. The minimum absolute atomic E-state index is 0.227. The minimum Gasteiger partial charge on any atom is -0.481 e. The van der Waals surface area contributed by atoms with Crippen molar-refractivity contribution in [2.75, 3.05) is 0 Å². The van der Waals surface area contributed by atoms with Crippen LogP contribution in [0, 0.1) is 0 Å². The van der Waals surface area contributed by atoms with Crippen molar-refractivity contribution >= 4 is 5.97 Å². The topological polar surface area (TPSA) is 59.7 Å². The number of ether oxygens (including phenoxy) is 1. The van der Waals surface area contributed by atoms with Crippen molar-refractivity contribution in [3.05, 3.63) is 54.3 Å². The van der Waals surface area contributed by atoms with Gasteiger partial charge in [0.2, 0.25) is 0 Å². The molecule has 124 valence electrons. The maximum Gasteiger partial charge on any atom is 0.573 e. The first-order valence-corrected chi connectivity index (χ1v) is 6.91. The molecule has 7 heteroatoms. The molecule has 0 aromatic heterocycles. The average Bonchev–Trinajstić information content (AvgIpc) is 2.92. The van der Waals surface area contributed by atoms with E-state index in [1.165, 1.54) is 24.3 Å². The van der Waals surface area contributed by atoms with E-state index >= 15 is 0 Å². The van der Waals surface area contributed by atoms with Crippen LogP contribution in [0.1, 0.15) is 5.76 Å². The van der Waals surface area contributed by atoms with Crippen LogP contribution in [-0.4, -0.2) is 17.4 Å². The average molecular weight is 336 g/mol. The van der Waals surface area contributed by atoms with Crippen molar-refractivity contribution in [2.24, 2.45) is 0 Å². The summed E-state index contributed by atoms with van der Waals surface area (Å²) < 4.78 is 46.1. The Morgan fingerprint density at radius 2 is 1.79 bits per heavy atom. The van der Waals surface area contributed by atoms with E-state index in [-0.39, 0.29) is 17.9 Å². The number of alkyl halides is 3. The number of fused-ring (bicyclic) bond motifs is 1. The van der Waals surface area contributed by atoms with Gasteiger partial charge in [-0.15, -0.1) is 13.2 Å². The van der Waals surface area contributed by atoms with Crippen LogP contribution in [-0.2, 0) is 11.2 Å². The van der Waals surface area contributed by atoms with Crippen LogP contribution in [0.3, 0.4) is 0 Å². The monoisotopic (exact) mass is 336 g/mol. The lowest BCUT2D eigenvalue weighted by Gasteiger charge is -2.12. The molecule has 0 unspecified atom stereocenters. The SMILES string of the molecule is O=C(O)Cc1oc2cccc-2cc1-c1ccc(OC(F)(F)F)cc1. The molecule has 0 radical (unpaired) electrons. The Balaban J connectivity index is 2.01. The van der Waals surface area contributed by atoms with Gasteiger partial charge in [-0.1, -0.05) is 24.3 Å². The van der Waals surface area contributed by atoms with E-state index in [2.05, 4.69) is 4.74 Å².